The van der Waals surface area contributed by atoms with Crippen LogP contribution in [-0.4, -0.2) is 62.8 Å². The number of hydrogen-bond donors (Lipinski definition) is 2. The lowest BCUT2D eigenvalue weighted by molar-refractivity contribution is 0.0377. The Labute approximate surface area is 168 Å². The second-order valence-electron chi connectivity index (χ2n) is 6.57. The average molecular weight is 458 g/mol. The lowest BCUT2D eigenvalue weighted by Crippen LogP contribution is -2.39. The van der Waals surface area contributed by atoms with Crippen LogP contribution in [0.5, 0.6) is 0 Å². The van der Waals surface area contributed by atoms with Crippen LogP contribution in [0.2, 0.25) is 0 Å². The van der Waals surface area contributed by atoms with Crippen molar-refractivity contribution in [2.24, 2.45) is 4.99 Å². The van der Waals surface area contributed by atoms with Crippen molar-refractivity contribution < 1.29 is 4.74 Å². The SMILES string of the molecule is CCNC(=NCCCN1CCOCC1)NC1CC1c1ccccc1.I. The van der Waals surface area contributed by atoms with Crippen molar-refractivity contribution in [2.45, 2.75) is 31.7 Å². The molecule has 0 amide bonds. The second kappa shape index (κ2) is 11.0. The van der Waals surface area contributed by atoms with Crippen molar-refractivity contribution in [2.75, 3.05) is 45.9 Å². The highest BCUT2D eigenvalue weighted by Gasteiger charge is 2.38. The summed E-state index contributed by atoms with van der Waals surface area (Å²) in [6.07, 6.45) is 2.30. The molecule has 1 heterocycles. The first-order valence-electron chi connectivity index (χ1n) is 9.26. The zero-order valence-electron chi connectivity index (χ0n) is 15.1. The van der Waals surface area contributed by atoms with Gasteiger partial charge in [-0.05, 0) is 25.3 Å². The summed E-state index contributed by atoms with van der Waals surface area (Å²) < 4.78 is 5.38. The molecule has 1 aromatic carbocycles. The van der Waals surface area contributed by atoms with E-state index in [1.807, 2.05) is 0 Å². The number of benzene rings is 1. The molecule has 1 aliphatic carbocycles. The highest BCUT2D eigenvalue weighted by atomic mass is 127. The van der Waals surface area contributed by atoms with Gasteiger partial charge in [0.1, 0.15) is 0 Å². The van der Waals surface area contributed by atoms with Gasteiger partial charge in [0, 0.05) is 44.7 Å². The third-order valence-electron chi connectivity index (χ3n) is 4.69. The molecule has 0 aromatic heterocycles. The molecule has 1 saturated heterocycles. The quantitative estimate of drug-likeness (QED) is 0.285. The van der Waals surface area contributed by atoms with Crippen LogP contribution in [0.15, 0.2) is 35.3 Å². The Bertz CT molecular complexity index is 519. The first-order valence-corrected chi connectivity index (χ1v) is 9.26. The molecule has 1 aromatic rings. The van der Waals surface area contributed by atoms with Crippen LogP contribution >= 0.6 is 24.0 Å². The molecule has 2 N–H and O–H groups in total. The van der Waals surface area contributed by atoms with Gasteiger partial charge in [0.2, 0.25) is 0 Å². The summed E-state index contributed by atoms with van der Waals surface area (Å²) >= 11 is 0. The van der Waals surface area contributed by atoms with E-state index < -0.39 is 0 Å². The standard InChI is InChI=1S/C19H30N4O.HI/c1-2-20-19(21-9-6-10-23-11-13-24-14-12-23)22-18-15-17(18)16-7-4-3-5-8-16;/h3-5,7-8,17-18H,2,6,9-15H2,1H3,(H2,20,21,22);1H. The van der Waals surface area contributed by atoms with Crippen LogP contribution in [0.1, 0.15) is 31.2 Å². The number of ether oxygens (including phenoxy) is 1. The topological polar surface area (TPSA) is 48.9 Å². The third kappa shape index (κ3) is 6.75. The van der Waals surface area contributed by atoms with E-state index in [1.165, 1.54) is 12.0 Å². The molecule has 2 unspecified atom stereocenters. The van der Waals surface area contributed by atoms with Gasteiger partial charge in [-0.2, -0.15) is 0 Å². The molecule has 0 spiro atoms. The predicted molar refractivity (Wildman–Crippen MR) is 114 cm³/mol. The Kier molecular flexibility index (Phi) is 8.98. The summed E-state index contributed by atoms with van der Waals surface area (Å²) in [6, 6.07) is 11.3. The minimum Gasteiger partial charge on any atom is -0.379 e. The van der Waals surface area contributed by atoms with Crippen LogP contribution in [0, 0.1) is 0 Å². The monoisotopic (exact) mass is 458 g/mol. The molecule has 1 saturated carbocycles. The molecule has 3 rings (SSSR count). The highest BCUT2D eigenvalue weighted by molar-refractivity contribution is 14.0. The van der Waals surface area contributed by atoms with Crippen molar-refractivity contribution in [3.8, 4) is 0 Å². The van der Waals surface area contributed by atoms with Gasteiger partial charge in [-0.1, -0.05) is 30.3 Å². The molecule has 5 nitrogen and oxygen atoms in total. The number of guanidine groups is 1. The smallest absolute Gasteiger partial charge is 0.191 e. The van der Waals surface area contributed by atoms with Crippen LogP contribution in [0.4, 0.5) is 0 Å². The molecule has 6 heteroatoms. The summed E-state index contributed by atoms with van der Waals surface area (Å²) in [5.41, 5.74) is 1.43. The Morgan fingerprint density at radius 1 is 1.24 bits per heavy atom. The minimum absolute atomic E-state index is 0. The zero-order chi connectivity index (χ0) is 16.6. The Morgan fingerprint density at radius 3 is 2.72 bits per heavy atom. The van der Waals surface area contributed by atoms with E-state index in [2.05, 4.69) is 52.8 Å². The van der Waals surface area contributed by atoms with E-state index in [0.29, 0.717) is 12.0 Å². The van der Waals surface area contributed by atoms with E-state index in [0.717, 1.165) is 58.3 Å². The van der Waals surface area contributed by atoms with Gasteiger partial charge in [-0.3, -0.25) is 9.89 Å². The molecular weight excluding hydrogens is 427 g/mol. The van der Waals surface area contributed by atoms with E-state index in [-0.39, 0.29) is 24.0 Å². The lowest BCUT2D eigenvalue weighted by Gasteiger charge is -2.26. The van der Waals surface area contributed by atoms with Gasteiger partial charge < -0.3 is 15.4 Å². The van der Waals surface area contributed by atoms with E-state index in [1.54, 1.807) is 0 Å². The second-order valence-corrected chi connectivity index (χ2v) is 6.57. The summed E-state index contributed by atoms with van der Waals surface area (Å²) in [5, 5.41) is 6.95. The Balaban J connectivity index is 0.00000225. The van der Waals surface area contributed by atoms with Gasteiger partial charge in [0.15, 0.2) is 5.96 Å². The van der Waals surface area contributed by atoms with Gasteiger partial charge in [-0.25, -0.2) is 0 Å². The number of halogens is 1. The lowest BCUT2D eigenvalue weighted by atomic mass is 10.1. The van der Waals surface area contributed by atoms with Crippen LogP contribution in [-0.2, 0) is 4.74 Å². The minimum atomic E-state index is 0. The predicted octanol–water partition coefficient (Wildman–Crippen LogP) is 2.44. The van der Waals surface area contributed by atoms with Crippen molar-refractivity contribution in [3.63, 3.8) is 0 Å². The summed E-state index contributed by atoms with van der Waals surface area (Å²) in [6.45, 7) is 8.86. The van der Waals surface area contributed by atoms with Crippen molar-refractivity contribution in [1.82, 2.24) is 15.5 Å². The fourth-order valence-electron chi connectivity index (χ4n) is 3.23. The first-order chi connectivity index (χ1) is 11.9. The number of nitrogens with zero attached hydrogens (tertiary/aromatic N) is 2. The van der Waals surface area contributed by atoms with Crippen LogP contribution < -0.4 is 10.6 Å². The van der Waals surface area contributed by atoms with Crippen molar-refractivity contribution in [1.29, 1.82) is 0 Å². The van der Waals surface area contributed by atoms with Crippen LogP contribution in [0.25, 0.3) is 0 Å². The summed E-state index contributed by atoms with van der Waals surface area (Å²) in [7, 11) is 0. The number of aliphatic imine (C=N–C) groups is 1. The summed E-state index contributed by atoms with van der Waals surface area (Å²) in [5.74, 6) is 1.59. The first kappa shape index (κ1) is 20.5. The average Bonchev–Trinajstić information content (AvgIpc) is 3.40. The van der Waals surface area contributed by atoms with E-state index in [4.69, 9.17) is 9.73 Å². The van der Waals surface area contributed by atoms with Gasteiger partial charge in [0.25, 0.3) is 0 Å². The Hall–Kier alpha value is -0.860. The summed E-state index contributed by atoms with van der Waals surface area (Å²) in [4.78, 5) is 7.21. The maximum Gasteiger partial charge on any atom is 0.191 e. The molecule has 0 bridgehead atoms. The van der Waals surface area contributed by atoms with Gasteiger partial charge in [0.05, 0.1) is 13.2 Å². The van der Waals surface area contributed by atoms with E-state index in [9.17, 15) is 0 Å². The number of rotatable bonds is 7. The number of morpholine rings is 1. The number of nitrogens with one attached hydrogen (secondary N) is 2. The normalized spacial score (nSPS) is 23.6. The fraction of sp³-hybridized carbons (Fsp3) is 0.632. The molecule has 25 heavy (non-hydrogen) atoms. The molecule has 2 atom stereocenters. The van der Waals surface area contributed by atoms with Crippen LogP contribution in [0.3, 0.4) is 0 Å². The van der Waals surface area contributed by atoms with Crippen molar-refractivity contribution >= 4 is 29.9 Å². The maximum atomic E-state index is 5.38. The largest absolute Gasteiger partial charge is 0.379 e. The maximum absolute atomic E-state index is 5.38. The molecule has 0 radical (unpaired) electrons. The number of hydrogen-bond acceptors (Lipinski definition) is 3. The van der Waals surface area contributed by atoms with Gasteiger partial charge in [-0.15, -0.1) is 24.0 Å². The molecule has 1 aliphatic heterocycles. The third-order valence-corrected chi connectivity index (χ3v) is 4.69. The fourth-order valence-corrected chi connectivity index (χ4v) is 3.23. The molecule has 140 valence electrons. The molecule has 2 aliphatic rings. The van der Waals surface area contributed by atoms with Gasteiger partial charge >= 0.3 is 0 Å². The zero-order valence-corrected chi connectivity index (χ0v) is 17.4. The Morgan fingerprint density at radius 2 is 2.00 bits per heavy atom. The van der Waals surface area contributed by atoms with Crippen molar-refractivity contribution in [3.05, 3.63) is 35.9 Å². The highest BCUT2D eigenvalue weighted by Crippen LogP contribution is 2.40. The molecular formula is C19H31IN4O. The molecule has 2 fully saturated rings. The van der Waals surface area contributed by atoms with E-state index >= 15 is 0 Å².